The number of nitrogens with two attached hydrogens (primary N) is 4. The molecule has 5 atom stereocenters. The lowest BCUT2D eigenvalue weighted by molar-refractivity contribution is -0.142. The number of nitrogens with one attached hydrogen (secondary N) is 4. The van der Waals surface area contributed by atoms with Crippen molar-refractivity contribution in [3.63, 3.8) is 0 Å². The molecule has 0 saturated heterocycles. The average molecular weight is 692 g/mol. The summed E-state index contributed by atoms with van der Waals surface area (Å²) in [4.78, 5) is 69.5. The van der Waals surface area contributed by atoms with Gasteiger partial charge in [0.05, 0.1) is 6.04 Å². The Morgan fingerprint density at radius 1 is 0.755 bits per heavy atom. The highest BCUT2D eigenvalue weighted by atomic mass is 16.4. The average Bonchev–Trinajstić information content (AvgIpc) is 3.04. The predicted octanol–water partition coefficient (Wildman–Crippen LogP) is -0.295. The highest BCUT2D eigenvalue weighted by Crippen LogP contribution is 2.13. The number of hydrogen-bond donors (Lipinski definition) is 10. The van der Waals surface area contributed by atoms with Gasteiger partial charge in [-0.2, -0.15) is 0 Å². The van der Waals surface area contributed by atoms with Gasteiger partial charge < -0.3 is 54.4 Å². The van der Waals surface area contributed by atoms with Crippen molar-refractivity contribution in [2.75, 3.05) is 13.1 Å². The van der Waals surface area contributed by atoms with Crippen LogP contribution in [0.15, 0.2) is 29.3 Å². The maximum Gasteiger partial charge on any atom is 0.326 e. The van der Waals surface area contributed by atoms with Crippen molar-refractivity contribution in [1.29, 1.82) is 0 Å². The predicted molar refractivity (Wildman–Crippen MR) is 187 cm³/mol. The highest BCUT2D eigenvalue weighted by molar-refractivity contribution is 5.95. The molecule has 0 radical (unpaired) electrons. The van der Waals surface area contributed by atoms with Crippen LogP contribution in [0.5, 0.6) is 5.75 Å². The Hall–Kier alpha value is -4.44. The first-order valence-electron chi connectivity index (χ1n) is 16.9. The van der Waals surface area contributed by atoms with Gasteiger partial charge in [0.1, 0.15) is 29.9 Å². The van der Waals surface area contributed by atoms with Gasteiger partial charge in [0.25, 0.3) is 0 Å². The number of rotatable bonds is 24. The summed E-state index contributed by atoms with van der Waals surface area (Å²) in [7, 11) is 0. The fourth-order valence-electron chi connectivity index (χ4n) is 4.96. The highest BCUT2D eigenvalue weighted by Gasteiger charge is 2.32. The second-order valence-corrected chi connectivity index (χ2v) is 12.6. The summed E-state index contributed by atoms with van der Waals surface area (Å²) in [5.74, 6) is -3.95. The third-order valence-electron chi connectivity index (χ3n) is 7.69. The van der Waals surface area contributed by atoms with Crippen LogP contribution < -0.4 is 44.2 Å². The number of nitrogens with zero attached hydrogens (tertiary/aromatic N) is 1. The fraction of sp³-hybridized carbons (Fsp3) is 0.636. The Bertz CT molecular complexity index is 1220. The molecule has 0 saturated carbocycles. The van der Waals surface area contributed by atoms with E-state index in [0.29, 0.717) is 50.6 Å². The van der Waals surface area contributed by atoms with Crippen molar-refractivity contribution in [3.8, 4) is 5.75 Å². The quantitative estimate of drug-likeness (QED) is 0.0381. The van der Waals surface area contributed by atoms with Crippen LogP contribution >= 0.6 is 0 Å². The molecule has 0 spiro atoms. The first-order valence-corrected chi connectivity index (χ1v) is 16.9. The summed E-state index contributed by atoms with van der Waals surface area (Å²) >= 11 is 0. The number of carboxylic acids is 1. The Morgan fingerprint density at radius 2 is 1.29 bits per heavy atom. The minimum Gasteiger partial charge on any atom is -0.508 e. The van der Waals surface area contributed by atoms with Crippen molar-refractivity contribution < 1.29 is 34.2 Å². The molecule has 0 aliphatic heterocycles. The zero-order valence-electron chi connectivity index (χ0n) is 29.0. The maximum absolute atomic E-state index is 13.7. The monoisotopic (exact) mass is 691 g/mol. The first kappa shape index (κ1) is 42.6. The second kappa shape index (κ2) is 23.0. The van der Waals surface area contributed by atoms with E-state index >= 15 is 0 Å². The molecule has 0 aliphatic carbocycles. The van der Waals surface area contributed by atoms with Gasteiger partial charge in [-0.1, -0.05) is 52.2 Å². The molecule has 276 valence electrons. The number of unbranched alkanes of at least 4 members (excludes halogenated alkanes) is 2. The number of carbonyl (C=O) groups excluding carboxylic acids is 4. The Balaban J connectivity index is 3.19. The molecule has 0 unspecified atom stereocenters. The number of aliphatic imine (C=N–C) groups is 1. The summed E-state index contributed by atoms with van der Waals surface area (Å²) < 4.78 is 0. The van der Waals surface area contributed by atoms with E-state index in [9.17, 15) is 34.2 Å². The Morgan fingerprint density at radius 3 is 1.82 bits per heavy atom. The lowest BCUT2D eigenvalue weighted by Crippen LogP contribution is -2.58. The van der Waals surface area contributed by atoms with Gasteiger partial charge in [0.2, 0.25) is 23.6 Å². The van der Waals surface area contributed by atoms with Gasteiger partial charge in [0.15, 0.2) is 5.96 Å². The van der Waals surface area contributed by atoms with Gasteiger partial charge in [0, 0.05) is 13.0 Å². The van der Waals surface area contributed by atoms with E-state index < -0.39 is 59.8 Å². The number of carboxylic acid groups (broad SMARTS) is 1. The first-order chi connectivity index (χ1) is 23.2. The summed E-state index contributed by atoms with van der Waals surface area (Å²) in [6.07, 6.45) is 3.95. The van der Waals surface area contributed by atoms with Crippen molar-refractivity contribution in [2.24, 2.45) is 33.8 Å². The van der Waals surface area contributed by atoms with Crippen LogP contribution in [-0.2, 0) is 30.4 Å². The Kier molecular flexibility index (Phi) is 20.0. The van der Waals surface area contributed by atoms with Crippen molar-refractivity contribution in [3.05, 3.63) is 29.8 Å². The molecular weight excluding hydrogens is 634 g/mol. The molecule has 14 N–H and O–H groups in total. The molecule has 16 nitrogen and oxygen atoms in total. The molecule has 16 heteroatoms. The number of phenols is 1. The number of hydrogen-bond acceptors (Lipinski definition) is 9. The minimum atomic E-state index is -1.32. The van der Waals surface area contributed by atoms with Gasteiger partial charge in [-0.25, -0.2) is 4.79 Å². The molecule has 0 fully saturated rings. The second-order valence-electron chi connectivity index (χ2n) is 12.6. The van der Waals surface area contributed by atoms with Gasteiger partial charge in [-0.3, -0.25) is 24.2 Å². The van der Waals surface area contributed by atoms with E-state index in [4.69, 9.17) is 22.9 Å². The summed E-state index contributed by atoms with van der Waals surface area (Å²) in [5, 5.41) is 30.0. The number of benzene rings is 1. The lowest BCUT2D eigenvalue weighted by atomic mass is 10.0. The van der Waals surface area contributed by atoms with Crippen LogP contribution in [0.1, 0.15) is 84.1 Å². The number of aliphatic carboxylic acids is 1. The SMILES string of the molecule is CCCC[C@H](NC(=O)[C@@H](N)CCCCN)C(=O)N[C@@H](CCCN=C(N)N)C(=O)N[C@@H](CC(C)C)C(=O)N[C@@H](Cc1ccc(O)cc1)C(=O)O. The summed E-state index contributed by atoms with van der Waals surface area (Å²) in [5.41, 5.74) is 23.0. The lowest BCUT2D eigenvalue weighted by Gasteiger charge is -2.27. The molecule has 1 aromatic rings. The topological polar surface area (TPSA) is 290 Å². The molecule has 0 aromatic heterocycles. The van der Waals surface area contributed by atoms with E-state index in [1.807, 2.05) is 20.8 Å². The molecule has 0 aliphatic rings. The van der Waals surface area contributed by atoms with Crippen LogP contribution in [0.3, 0.4) is 0 Å². The zero-order chi connectivity index (χ0) is 36.9. The Labute approximate surface area is 288 Å². The molecule has 0 heterocycles. The number of aromatic hydroxyl groups is 1. The molecule has 49 heavy (non-hydrogen) atoms. The molecule has 4 amide bonds. The zero-order valence-corrected chi connectivity index (χ0v) is 29.0. The van der Waals surface area contributed by atoms with Crippen LogP contribution in [0.2, 0.25) is 0 Å². The van der Waals surface area contributed by atoms with Crippen LogP contribution in [-0.4, -0.2) is 89.1 Å². The van der Waals surface area contributed by atoms with E-state index in [1.165, 1.54) is 12.1 Å². The standard InChI is InChI=1S/C33H57N9O7/c1-4-5-10-24(39-28(44)23(35)9-6-7-16-34)29(45)40-25(11-8-17-38-33(36)37)30(46)41-26(18-20(2)3)31(47)42-27(32(48)49)19-21-12-14-22(43)15-13-21/h12-15,20,23-27,43H,4-11,16-19,34-35H2,1-3H3,(H,39,44)(H,40,45)(H,41,46)(H,42,47)(H,48,49)(H4,36,37,38)/t23-,24-,25-,26-,27-/m0/s1. The molecule has 0 bridgehead atoms. The van der Waals surface area contributed by atoms with Crippen molar-refractivity contribution in [2.45, 2.75) is 115 Å². The van der Waals surface area contributed by atoms with E-state index in [0.717, 1.165) is 6.42 Å². The number of phenolic OH excluding ortho intramolecular Hbond substituents is 1. The summed E-state index contributed by atoms with van der Waals surface area (Å²) in [6.45, 7) is 6.27. The van der Waals surface area contributed by atoms with Crippen LogP contribution in [0, 0.1) is 5.92 Å². The minimum absolute atomic E-state index is 0.0141. The third kappa shape index (κ3) is 17.5. The van der Waals surface area contributed by atoms with Crippen LogP contribution in [0.25, 0.3) is 0 Å². The number of carbonyl (C=O) groups is 5. The summed E-state index contributed by atoms with van der Waals surface area (Å²) in [6, 6.07) is 0.532. The molecule has 1 rings (SSSR count). The van der Waals surface area contributed by atoms with Gasteiger partial charge in [-0.05, 0) is 68.7 Å². The van der Waals surface area contributed by atoms with E-state index in [-0.39, 0.29) is 43.4 Å². The van der Waals surface area contributed by atoms with E-state index in [2.05, 4.69) is 26.3 Å². The van der Waals surface area contributed by atoms with Crippen molar-refractivity contribution >= 4 is 35.6 Å². The molecule has 1 aromatic carbocycles. The van der Waals surface area contributed by atoms with Gasteiger partial charge >= 0.3 is 5.97 Å². The fourth-order valence-corrected chi connectivity index (χ4v) is 4.96. The normalized spacial score (nSPS) is 14.1. The molecular formula is C33H57N9O7. The number of amides is 4. The van der Waals surface area contributed by atoms with E-state index in [1.54, 1.807) is 12.1 Å². The number of guanidine groups is 1. The van der Waals surface area contributed by atoms with Crippen molar-refractivity contribution in [1.82, 2.24) is 21.3 Å². The smallest absolute Gasteiger partial charge is 0.326 e. The van der Waals surface area contributed by atoms with Gasteiger partial charge in [-0.15, -0.1) is 0 Å². The van der Waals surface area contributed by atoms with Crippen LogP contribution in [0.4, 0.5) is 0 Å². The third-order valence-corrected chi connectivity index (χ3v) is 7.69. The largest absolute Gasteiger partial charge is 0.508 e. The maximum atomic E-state index is 13.7.